The Morgan fingerprint density at radius 2 is 1.90 bits per heavy atom. The fourth-order valence-electron chi connectivity index (χ4n) is 6.08. The van der Waals surface area contributed by atoms with Crippen LogP contribution < -0.4 is 0 Å². The molecule has 0 spiro atoms. The maximum absolute atomic E-state index is 13.6. The van der Waals surface area contributed by atoms with Crippen LogP contribution in [-0.2, 0) is 32.0 Å². The number of aromatic nitrogens is 2. The molecule has 11 heteroatoms. The largest absolute Gasteiger partial charge is 0.444 e. The predicted octanol–water partition coefficient (Wildman–Crippen LogP) is 4.62. The van der Waals surface area contributed by atoms with Gasteiger partial charge in [0.1, 0.15) is 16.8 Å². The molecule has 1 atom stereocenters. The van der Waals surface area contributed by atoms with E-state index in [0.717, 1.165) is 33.2 Å². The highest BCUT2D eigenvalue weighted by Gasteiger charge is 2.42. The summed E-state index contributed by atoms with van der Waals surface area (Å²) < 4.78 is 17.1. The zero-order valence-electron chi connectivity index (χ0n) is 24.2. The second kappa shape index (κ2) is 11.1. The molecule has 2 saturated heterocycles. The van der Waals surface area contributed by atoms with Crippen LogP contribution in [0.15, 0.2) is 30.6 Å². The normalized spacial score (nSPS) is 20.8. The monoisotopic (exact) mass is 596 g/mol. The fraction of sp³-hybridized carbons (Fsp3) is 0.516. The first-order valence-corrected chi connectivity index (χ1v) is 14.9. The van der Waals surface area contributed by atoms with Crippen molar-refractivity contribution < 1.29 is 28.9 Å². The van der Waals surface area contributed by atoms with Gasteiger partial charge in [-0.3, -0.25) is 9.69 Å². The SMILES string of the molecule is CC(C)(C)OC(=O)N1CCOCC1c1cc(-c2cnc3[nH]cc(Cl)c3c2)cc2c1CN(C(=O)C1(O)CCOCC1)CC2. The average Bonchev–Trinajstić information content (AvgIpc) is 3.35. The van der Waals surface area contributed by atoms with Crippen molar-refractivity contribution in [2.45, 2.75) is 63.8 Å². The van der Waals surface area contributed by atoms with Gasteiger partial charge >= 0.3 is 6.09 Å². The zero-order chi connectivity index (χ0) is 29.6. The van der Waals surface area contributed by atoms with Gasteiger partial charge in [0.25, 0.3) is 5.91 Å². The number of pyridine rings is 1. The van der Waals surface area contributed by atoms with E-state index < -0.39 is 23.3 Å². The zero-order valence-corrected chi connectivity index (χ0v) is 25.0. The summed E-state index contributed by atoms with van der Waals surface area (Å²) in [6.07, 6.45) is 4.29. The highest BCUT2D eigenvalue weighted by Crippen LogP contribution is 2.38. The van der Waals surface area contributed by atoms with Crippen LogP contribution in [0.2, 0.25) is 5.02 Å². The standard InChI is InChI=1S/C31H37ClN4O6/c1-30(2,3)42-29(38)36-8-11-41-18-26(36)22-13-20(21-14-23-25(32)16-34-27(23)33-15-21)12-19-4-7-35(17-24(19)22)28(37)31(39)5-9-40-10-6-31/h12-16,26,39H,4-11,17-18H2,1-3H3,(H,33,34). The van der Waals surface area contributed by atoms with E-state index in [1.54, 1.807) is 16.0 Å². The van der Waals surface area contributed by atoms with Crippen molar-refractivity contribution >= 4 is 34.6 Å². The number of hydrogen-bond donors (Lipinski definition) is 2. The summed E-state index contributed by atoms with van der Waals surface area (Å²) in [5.74, 6) is -0.271. The average molecular weight is 597 g/mol. The third-order valence-corrected chi connectivity index (χ3v) is 8.62. The summed E-state index contributed by atoms with van der Waals surface area (Å²) >= 11 is 6.42. The van der Waals surface area contributed by atoms with E-state index >= 15 is 0 Å². The quantitative estimate of drug-likeness (QED) is 0.453. The van der Waals surface area contributed by atoms with Crippen molar-refractivity contribution in [1.29, 1.82) is 0 Å². The Hall–Kier alpha value is -3.18. The molecule has 3 aliphatic heterocycles. The summed E-state index contributed by atoms with van der Waals surface area (Å²) in [6.45, 7) is 8.16. The van der Waals surface area contributed by atoms with Gasteiger partial charge in [0.15, 0.2) is 0 Å². The third kappa shape index (κ3) is 5.60. The van der Waals surface area contributed by atoms with E-state index in [2.05, 4.69) is 22.1 Å². The number of nitrogens with one attached hydrogen (secondary N) is 1. The first-order chi connectivity index (χ1) is 20.0. The maximum Gasteiger partial charge on any atom is 0.410 e. The number of halogens is 1. The number of ether oxygens (including phenoxy) is 3. The Bertz CT molecular complexity index is 1510. The molecule has 1 unspecified atom stereocenters. The van der Waals surface area contributed by atoms with Gasteiger partial charge in [-0.2, -0.15) is 0 Å². The van der Waals surface area contributed by atoms with Crippen molar-refractivity contribution in [2.24, 2.45) is 0 Å². The summed E-state index contributed by atoms with van der Waals surface area (Å²) in [5, 5.41) is 12.6. The van der Waals surface area contributed by atoms with Crippen LogP contribution in [-0.4, -0.2) is 87.6 Å². The number of amides is 2. The fourth-order valence-corrected chi connectivity index (χ4v) is 6.28. The molecule has 3 aliphatic rings. The number of carbonyl (C=O) groups excluding carboxylic acids is 2. The molecule has 224 valence electrons. The number of hydrogen-bond acceptors (Lipinski definition) is 7. The third-order valence-electron chi connectivity index (χ3n) is 8.31. The Balaban J connectivity index is 1.42. The van der Waals surface area contributed by atoms with Gasteiger partial charge in [0, 0.05) is 69.0 Å². The van der Waals surface area contributed by atoms with Crippen LogP contribution in [0, 0.1) is 0 Å². The molecule has 2 N–H and O–H groups in total. The van der Waals surface area contributed by atoms with E-state index in [4.69, 9.17) is 25.8 Å². The number of benzene rings is 1. The van der Waals surface area contributed by atoms with Crippen LogP contribution in [0.3, 0.4) is 0 Å². The Labute approximate surface area is 249 Å². The van der Waals surface area contributed by atoms with Gasteiger partial charge in [-0.25, -0.2) is 9.78 Å². The summed E-state index contributed by atoms with van der Waals surface area (Å²) in [7, 11) is 0. The van der Waals surface area contributed by atoms with E-state index in [1.807, 2.05) is 33.0 Å². The summed E-state index contributed by atoms with van der Waals surface area (Å²) in [6, 6.07) is 5.79. The van der Waals surface area contributed by atoms with Crippen molar-refractivity contribution in [1.82, 2.24) is 19.8 Å². The van der Waals surface area contributed by atoms with Crippen LogP contribution in [0.4, 0.5) is 4.79 Å². The van der Waals surface area contributed by atoms with Crippen LogP contribution in [0.1, 0.15) is 56.3 Å². The molecule has 2 fully saturated rings. The smallest absolute Gasteiger partial charge is 0.410 e. The Morgan fingerprint density at radius 1 is 1.12 bits per heavy atom. The number of nitrogens with zero attached hydrogens (tertiary/aromatic N) is 3. The highest BCUT2D eigenvalue weighted by atomic mass is 35.5. The molecular formula is C31H37ClN4O6. The second-order valence-electron chi connectivity index (χ2n) is 12.3. The summed E-state index contributed by atoms with van der Waals surface area (Å²) in [4.78, 5) is 38.1. The van der Waals surface area contributed by atoms with Gasteiger partial charge in [-0.05, 0) is 61.6 Å². The summed E-state index contributed by atoms with van der Waals surface area (Å²) in [5.41, 5.74) is 3.40. The van der Waals surface area contributed by atoms with Gasteiger partial charge in [0.05, 0.1) is 24.3 Å². The molecule has 2 amide bonds. The lowest BCUT2D eigenvalue weighted by molar-refractivity contribution is -0.161. The maximum atomic E-state index is 13.6. The van der Waals surface area contributed by atoms with E-state index in [-0.39, 0.29) is 18.7 Å². The minimum absolute atomic E-state index is 0.271. The molecule has 0 radical (unpaired) electrons. The van der Waals surface area contributed by atoms with Gasteiger partial charge < -0.3 is 29.2 Å². The Kier molecular flexibility index (Phi) is 7.67. The second-order valence-corrected chi connectivity index (χ2v) is 12.8. The molecule has 0 bridgehead atoms. The van der Waals surface area contributed by atoms with Crippen molar-refractivity contribution in [2.75, 3.05) is 39.5 Å². The van der Waals surface area contributed by atoms with E-state index in [9.17, 15) is 14.7 Å². The molecule has 6 rings (SSSR count). The topological polar surface area (TPSA) is 117 Å². The van der Waals surface area contributed by atoms with Crippen LogP contribution in [0.5, 0.6) is 0 Å². The van der Waals surface area contributed by atoms with E-state index in [1.165, 1.54) is 0 Å². The van der Waals surface area contributed by atoms with Gasteiger partial charge in [-0.15, -0.1) is 0 Å². The molecule has 0 saturated carbocycles. The number of H-pyrrole nitrogens is 1. The number of carbonyl (C=O) groups is 2. The number of aliphatic hydroxyl groups is 1. The molecule has 3 aromatic rings. The Morgan fingerprint density at radius 3 is 2.67 bits per heavy atom. The number of aromatic amines is 1. The minimum Gasteiger partial charge on any atom is -0.444 e. The molecular weight excluding hydrogens is 560 g/mol. The molecule has 2 aromatic heterocycles. The first kappa shape index (κ1) is 28.9. The predicted molar refractivity (Wildman–Crippen MR) is 157 cm³/mol. The van der Waals surface area contributed by atoms with Crippen molar-refractivity contribution in [3.05, 3.63) is 52.3 Å². The molecule has 1 aromatic carbocycles. The number of fused-ring (bicyclic) bond motifs is 2. The first-order valence-electron chi connectivity index (χ1n) is 14.5. The van der Waals surface area contributed by atoms with Gasteiger partial charge in [-0.1, -0.05) is 17.7 Å². The number of rotatable bonds is 3. The lowest BCUT2D eigenvalue weighted by Crippen LogP contribution is -2.53. The van der Waals surface area contributed by atoms with E-state index in [0.29, 0.717) is 63.2 Å². The molecule has 10 nitrogen and oxygen atoms in total. The lowest BCUT2D eigenvalue weighted by atomic mass is 9.85. The lowest BCUT2D eigenvalue weighted by Gasteiger charge is -2.41. The van der Waals surface area contributed by atoms with Crippen LogP contribution >= 0.6 is 11.6 Å². The van der Waals surface area contributed by atoms with Crippen molar-refractivity contribution in [3.8, 4) is 11.1 Å². The highest BCUT2D eigenvalue weighted by molar-refractivity contribution is 6.35. The minimum atomic E-state index is -1.43. The van der Waals surface area contributed by atoms with Gasteiger partial charge in [0.2, 0.25) is 0 Å². The number of morpholine rings is 1. The molecule has 42 heavy (non-hydrogen) atoms. The molecule has 0 aliphatic carbocycles. The van der Waals surface area contributed by atoms with Crippen LogP contribution in [0.25, 0.3) is 22.2 Å². The molecule has 5 heterocycles. The van der Waals surface area contributed by atoms with Crippen molar-refractivity contribution in [3.63, 3.8) is 0 Å².